The SMILES string of the molecule is O=C(COC(=O)c1ccc(O)cc1)c1ccc(-c2ccccc2)cc1. The number of phenolic OH excluding ortho intramolecular Hbond substituents is 1. The standard InChI is InChI=1S/C21H16O4/c22-19-12-10-18(11-13-19)21(24)25-14-20(23)17-8-6-16(7-9-17)15-4-2-1-3-5-15/h1-13,22H,14H2. The van der Waals surface area contributed by atoms with Gasteiger partial charge in [-0.1, -0.05) is 54.6 Å². The molecule has 0 radical (unpaired) electrons. The maximum absolute atomic E-state index is 12.2. The Kier molecular flexibility index (Phi) is 4.90. The number of ether oxygens (including phenoxy) is 1. The molecule has 0 aliphatic rings. The molecule has 0 saturated carbocycles. The van der Waals surface area contributed by atoms with Gasteiger partial charge in [0.05, 0.1) is 5.56 Å². The average Bonchev–Trinajstić information content (AvgIpc) is 2.67. The zero-order chi connectivity index (χ0) is 17.6. The van der Waals surface area contributed by atoms with Gasteiger partial charge in [-0.2, -0.15) is 0 Å². The molecule has 0 aliphatic heterocycles. The predicted octanol–water partition coefficient (Wildman–Crippen LogP) is 4.10. The zero-order valence-electron chi connectivity index (χ0n) is 13.4. The van der Waals surface area contributed by atoms with Crippen molar-refractivity contribution in [2.24, 2.45) is 0 Å². The smallest absolute Gasteiger partial charge is 0.338 e. The van der Waals surface area contributed by atoms with E-state index in [9.17, 15) is 14.7 Å². The minimum Gasteiger partial charge on any atom is -0.508 e. The lowest BCUT2D eigenvalue weighted by molar-refractivity contribution is 0.0474. The molecule has 0 spiro atoms. The largest absolute Gasteiger partial charge is 0.508 e. The van der Waals surface area contributed by atoms with Crippen molar-refractivity contribution in [1.82, 2.24) is 0 Å². The molecule has 0 atom stereocenters. The summed E-state index contributed by atoms with van der Waals surface area (Å²) in [7, 11) is 0. The number of benzene rings is 3. The van der Waals surface area contributed by atoms with E-state index in [0.717, 1.165) is 11.1 Å². The highest BCUT2D eigenvalue weighted by molar-refractivity contribution is 5.99. The van der Waals surface area contributed by atoms with Crippen molar-refractivity contribution in [3.63, 3.8) is 0 Å². The Hall–Kier alpha value is -3.40. The summed E-state index contributed by atoms with van der Waals surface area (Å²) < 4.78 is 5.03. The number of ketones is 1. The van der Waals surface area contributed by atoms with E-state index in [2.05, 4.69) is 0 Å². The molecule has 0 fully saturated rings. The van der Waals surface area contributed by atoms with Gasteiger partial charge in [0.25, 0.3) is 0 Å². The van der Waals surface area contributed by atoms with E-state index < -0.39 is 5.97 Å². The van der Waals surface area contributed by atoms with Crippen LogP contribution < -0.4 is 0 Å². The van der Waals surface area contributed by atoms with Crippen LogP contribution in [0.15, 0.2) is 78.9 Å². The number of hydrogen-bond donors (Lipinski definition) is 1. The van der Waals surface area contributed by atoms with Crippen LogP contribution in [-0.4, -0.2) is 23.5 Å². The van der Waals surface area contributed by atoms with Crippen LogP contribution >= 0.6 is 0 Å². The van der Waals surface area contributed by atoms with Crippen molar-refractivity contribution in [3.8, 4) is 16.9 Å². The summed E-state index contributed by atoms with van der Waals surface area (Å²) in [5, 5.41) is 9.20. The van der Waals surface area contributed by atoms with Crippen LogP contribution in [-0.2, 0) is 4.74 Å². The lowest BCUT2D eigenvalue weighted by Gasteiger charge is -2.06. The quantitative estimate of drug-likeness (QED) is 0.564. The van der Waals surface area contributed by atoms with Crippen molar-refractivity contribution >= 4 is 11.8 Å². The van der Waals surface area contributed by atoms with Gasteiger partial charge in [0.1, 0.15) is 5.75 Å². The summed E-state index contributed by atoms with van der Waals surface area (Å²) in [6.45, 7) is -0.329. The highest BCUT2D eigenvalue weighted by Gasteiger charge is 2.12. The molecule has 25 heavy (non-hydrogen) atoms. The van der Waals surface area contributed by atoms with Crippen molar-refractivity contribution in [2.45, 2.75) is 0 Å². The van der Waals surface area contributed by atoms with Gasteiger partial charge in [0.15, 0.2) is 12.4 Å². The summed E-state index contributed by atoms with van der Waals surface area (Å²) in [6, 6.07) is 22.7. The fourth-order valence-corrected chi connectivity index (χ4v) is 2.37. The van der Waals surface area contributed by atoms with Crippen molar-refractivity contribution in [2.75, 3.05) is 6.61 Å². The first-order valence-corrected chi connectivity index (χ1v) is 7.78. The molecule has 1 N–H and O–H groups in total. The van der Waals surface area contributed by atoms with Gasteiger partial charge in [-0.3, -0.25) is 4.79 Å². The van der Waals surface area contributed by atoms with E-state index in [1.165, 1.54) is 24.3 Å². The maximum atomic E-state index is 12.2. The summed E-state index contributed by atoms with van der Waals surface area (Å²) in [6.07, 6.45) is 0. The number of hydrogen-bond acceptors (Lipinski definition) is 4. The van der Waals surface area contributed by atoms with Gasteiger partial charge < -0.3 is 9.84 Å². The van der Waals surface area contributed by atoms with Gasteiger partial charge in [-0.25, -0.2) is 4.79 Å². The Balaban J connectivity index is 1.61. The average molecular weight is 332 g/mol. The minimum atomic E-state index is -0.603. The molecular formula is C21H16O4. The molecule has 124 valence electrons. The second-order valence-electron chi connectivity index (χ2n) is 5.49. The van der Waals surface area contributed by atoms with Crippen LogP contribution in [0.4, 0.5) is 0 Å². The summed E-state index contributed by atoms with van der Waals surface area (Å²) >= 11 is 0. The molecular weight excluding hydrogens is 316 g/mol. The summed E-state index contributed by atoms with van der Waals surface area (Å²) in [5.41, 5.74) is 2.85. The van der Waals surface area contributed by atoms with E-state index in [4.69, 9.17) is 4.74 Å². The lowest BCUT2D eigenvalue weighted by atomic mass is 10.0. The third-order valence-corrected chi connectivity index (χ3v) is 3.75. The summed E-state index contributed by atoms with van der Waals surface area (Å²) in [4.78, 5) is 24.0. The van der Waals surface area contributed by atoms with Gasteiger partial charge in [-0.15, -0.1) is 0 Å². The van der Waals surface area contributed by atoms with E-state index >= 15 is 0 Å². The molecule has 0 bridgehead atoms. The Morgan fingerprint density at radius 1 is 0.720 bits per heavy atom. The molecule has 4 heteroatoms. The van der Waals surface area contributed by atoms with Gasteiger partial charge in [-0.05, 0) is 35.4 Å². The van der Waals surface area contributed by atoms with Crippen molar-refractivity contribution in [3.05, 3.63) is 90.0 Å². The van der Waals surface area contributed by atoms with Crippen LogP contribution in [0.2, 0.25) is 0 Å². The van der Waals surface area contributed by atoms with Gasteiger partial charge >= 0.3 is 5.97 Å². The highest BCUT2D eigenvalue weighted by Crippen LogP contribution is 2.19. The molecule has 3 aromatic carbocycles. The maximum Gasteiger partial charge on any atom is 0.338 e. The van der Waals surface area contributed by atoms with Crippen LogP contribution in [0.25, 0.3) is 11.1 Å². The van der Waals surface area contributed by atoms with E-state index in [0.29, 0.717) is 5.56 Å². The van der Waals surface area contributed by atoms with Crippen molar-refractivity contribution in [1.29, 1.82) is 0 Å². The normalized spacial score (nSPS) is 10.2. The Morgan fingerprint density at radius 3 is 1.92 bits per heavy atom. The molecule has 3 rings (SSSR count). The number of Topliss-reactive ketones (excluding diaryl/α,β-unsaturated/α-hetero) is 1. The van der Waals surface area contributed by atoms with Crippen LogP contribution in [0.5, 0.6) is 5.75 Å². The summed E-state index contributed by atoms with van der Waals surface area (Å²) in [5.74, 6) is -0.813. The molecule has 0 amide bonds. The Labute approximate surface area is 145 Å². The Bertz CT molecular complexity index is 866. The first-order valence-electron chi connectivity index (χ1n) is 7.78. The molecule has 0 aliphatic carbocycles. The van der Waals surface area contributed by atoms with E-state index in [1.807, 2.05) is 42.5 Å². The number of rotatable bonds is 5. The molecule has 0 aromatic heterocycles. The topological polar surface area (TPSA) is 63.6 Å². The first kappa shape index (κ1) is 16.5. The molecule has 0 unspecified atom stereocenters. The molecule has 0 heterocycles. The molecule has 4 nitrogen and oxygen atoms in total. The van der Waals surface area contributed by atoms with Crippen molar-refractivity contribution < 1.29 is 19.4 Å². The second-order valence-corrected chi connectivity index (χ2v) is 5.49. The number of esters is 1. The number of carbonyl (C=O) groups excluding carboxylic acids is 2. The zero-order valence-corrected chi connectivity index (χ0v) is 13.4. The van der Waals surface area contributed by atoms with Crippen LogP contribution in [0, 0.1) is 0 Å². The number of phenols is 1. The van der Waals surface area contributed by atoms with E-state index in [1.54, 1.807) is 12.1 Å². The van der Waals surface area contributed by atoms with Crippen LogP contribution in [0.3, 0.4) is 0 Å². The predicted molar refractivity (Wildman–Crippen MR) is 94.6 cm³/mol. The minimum absolute atomic E-state index is 0.0612. The van der Waals surface area contributed by atoms with Gasteiger partial charge in [0, 0.05) is 5.56 Å². The monoisotopic (exact) mass is 332 g/mol. The highest BCUT2D eigenvalue weighted by atomic mass is 16.5. The Morgan fingerprint density at radius 2 is 1.28 bits per heavy atom. The number of carbonyl (C=O) groups is 2. The molecule has 0 saturated heterocycles. The third kappa shape index (κ3) is 4.12. The molecule has 3 aromatic rings. The number of aromatic hydroxyl groups is 1. The first-order chi connectivity index (χ1) is 12.1. The van der Waals surface area contributed by atoms with E-state index in [-0.39, 0.29) is 23.7 Å². The fourth-order valence-electron chi connectivity index (χ4n) is 2.37. The second kappa shape index (κ2) is 7.45. The fraction of sp³-hybridized carbons (Fsp3) is 0.0476. The van der Waals surface area contributed by atoms with Gasteiger partial charge in [0.2, 0.25) is 0 Å². The van der Waals surface area contributed by atoms with Crippen LogP contribution in [0.1, 0.15) is 20.7 Å². The third-order valence-electron chi connectivity index (χ3n) is 3.75. The lowest BCUT2D eigenvalue weighted by Crippen LogP contribution is -2.14.